The molecule has 2 aliphatic heterocycles. The molecule has 4 nitrogen and oxygen atoms in total. The molecule has 27 heavy (non-hydrogen) atoms. The molecule has 0 radical (unpaired) electrons. The van der Waals surface area contributed by atoms with Gasteiger partial charge in [-0.1, -0.05) is 54.6 Å². The van der Waals surface area contributed by atoms with Crippen molar-refractivity contribution in [3.63, 3.8) is 0 Å². The van der Waals surface area contributed by atoms with Crippen molar-refractivity contribution >= 4 is 22.4 Å². The van der Waals surface area contributed by atoms with E-state index in [1.165, 1.54) is 11.1 Å². The summed E-state index contributed by atoms with van der Waals surface area (Å²) >= 11 is 0. The highest BCUT2D eigenvalue weighted by Gasteiger charge is 2.48. The molecule has 3 atom stereocenters. The lowest BCUT2D eigenvalue weighted by Gasteiger charge is -2.28. The number of halogens is 1. The Balaban J connectivity index is 0.00000210. The van der Waals surface area contributed by atoms with Crippen molar-refractivity contribution in [1.29, 1.82) is 0 Å². The predicted molar refractivity (Wildman–Crippen MR) is 111 cm³/mol. The molecule has 2 aromatic rings. The molecule has 0 N–H and O–H groups in total. The van der Waals surface area contributed by atoms with Crippen LogP contribution < -0.4 is 0 Å². The number of sulfonamides is 1. The van der Waals surface area contributed by atoms with Gasteiger partial charge in [0, 0.05) is 25.7 Å². The van der Waals surface area contributed by atoms with Crippen LogP contribution in [0, 0.1) is 18.8 Å². The number of benzene rings is 2. The summed E-state index contributed by atoms with van der Waals surface area (Å²) in [7, 11) is -1.11. The average Bonchev–Trinajstić information content (AvgIpc) is 3.14. The molecule has 6 heteroatoms. The van der Waals surface area contributed by atoms with E-state index >= 15 is 0 Å². The molecule has 0 amide bonds. The molecule has 0 aromatic heterocycles. The van der Waals surface area contributed by atoms with Crippen LogP contribution in [0.4, 0.5) is 0 Å². The molecule has 4 rings (SSSR count). The zero-order chi connectivity index (χ0) is 18.3. The summed E-state index contributed by atoms with van der Waals surface area (Å²) < 4.78 is 27.6. The fraction of sp³-hybridized carbons (Fsp3) is 0.429. The standard InChI is InChI=1S/C21H26N2O2S.ClH/c1-16-8-6-7-11-19(16)21-20-14-23(13-18(20)12-22(21)2)26(24,25)15-17-9-4-3-5-10-17;/h3-11,18,20-21H,12-15H2,1-2H3;1H/t18-,20+,21-;/m0./s1. The fourth-order valence-electron chi connectivity index (χ4n) is 4.71. The molecule has 2 fully saturated rings. The number of rotatable bonds is 4. The van der Waals surface area contributed by atoms with Crippen molar-refractivity contribution in [3.05, 3.63) is 71.3 Å². The van der Waals surface area contributed by atoms with Crippen LogP contribution in [0.5, 0.6) is 0 Å². The Morgan fingerprint density at radius 3 is 2.33 bits per heavy atom. The van der Waals surface area contributed by atoms with E-state index in [4.69, 9.17) is 0 Å². The van der Waals surface area contributed by atoms with Crippen LogP contribution in [0.1, 0.15) is 22.7 Å². The molecule has 0 saturated carbocycles. The topological polar surface area (TPSA) is 40.6 Å². The molecule has 0 spiro atoms. The molecule has 2 saturated heterocycles. The Bertz CT molecular complexity index is 888. The van der Waals surface area contributed by atoms with Gasteiger partial charge in [0.1, 0.15) is 0 Å². The number of hydrogen-bond donors (Lipinski definition) is 0. The second-order valence-electron chi connectivity index (χ2n) is 7.72. The molecular formula is C21H27ClN2O2S. The van der Waals surface area contributed by atoms with E-state index in [-0.39, 0.29) is 18.2 Å². The molecule has 2 aliphatic rings. The van der Waals surface area contributed by atoms with E-state index in [1.807, 2.05) is 30.3 Å². The summed E-state index contributed by atoms with van der Waals surface area (Å²) in [5.74, 6) is 0.875. The van der Waals surface area contributed by atoms with E-state index < -0.39 is 10.0 Å². The van der Waals surface area contributed by atoms with Crippen LogP contribution in [0.3, 0.4) is 0 Å². The number of likely N-dealkylation sites (tertiary alicyclic amines) is 1. The summed E-state index contributed by atoms with van der Waals surface area (Å²) in [6, 6.07) is 18.3. The van der Waals surface area contributed by atoms with Gasteiger partial charge in [-0.15, -0.1) is 12.4 Å². The Morgan fingerprint density at radius 1 is 0.963 bits per heavy atom. The number of nitrogens with zero attached hydrogens (tertiary/aromatic N) is 2. The maximum atomic E-state index is 12.9. The highest BCUT2D eigenvalue weighted by atomic mass is 35.5. The first-order valence-electron chi connectivity index (χ1n) is 9.23. The van der Waals surface area contributed by atoms with Gasteiger partial charge in [-0.05, 0) is 42.5 Å². The number of aryl methyl sites for hydroxylation is 1. The summed E-state index contributed by atoms with van der Waals surface area (Å²) in [4.78, 5) is 2.40. The summed E-state index contributed by atoms with van der Waals surface area (Å²) in [6.07, 6.45) is 0. The van der Waals surface area contributed by atoms with Crippen molar-refractivity contribution < 1.29 is 8.42 Å². The fourth-order valence-corrected chi connectivity index (χ4v) is 6.32. The van der Waals surface area contributed by atoms with Crippen molar-refractivity contribution in [2.24, 2.45) is 11.8 Å². The molecule has 146 valence electrons. The van der Waals surface area contributed by atoms with Gasteiger partial charge in [-0.25, -0.2) is 12.7 Å². The monoisotopic (exact) mass is 406 g/mol. The summed E-state index contributed by atoms with van der Waals surface area (Å²) in [5, 5.41) is 0. The van der Waals surface area contributed by atoms with Gasteiger partial charge in [0.2, 0.25) is 10.0 Å². The minimum absolute atomic E-state index is 0. The van der Waals surface area contributed by atoms with Crippen LogP contribution in [0.25, 0.3) is 0 Å². The zero-order valence-corrected chi connectivity index (χ0v) is 17.4. The zero-order valence-electron chi connectivity index (χ0n) is 15.8. The average molecular weight is 407 g/mol. The number of fused-ring (bicyclic) bond motifs is 1. The quantitative estimate of drug-likeness (QED) is 0.780. The maximum Gasteiger partial charge on any atom is 0.218 e. The van der Waals surface area contributed by atoms with Gasteiger partial charge in [0.05, 0.1) is 5.75 Å². The van der Waals surface area contributed by atoms with E-state index in [0.29, 0.717) is 31.0 Å². The molecule has 2 aromatic carbocycles. The first-order chi connectivity index (χ1) is 12.5. The molecule has 2 heterocycles. The molecule has 0 bridgehead atoms. The van der Waals surface area contributed by atoms with Crippen LogP contribution >= 0.6 is 12.4 Å². The third kappa shape index (κ3) is 3.92. The highest BCUT2D eigenvalue weighted by Crippen LogP contribution is 2.45. The van der Waals surface area contributed by atoms with Crippen LogP contribution in [0.15, 0.2) is 54.6 Å². The lowest BCUT2D eigenvalue weighted by atomic mass is 9.88. The first-order valence-corrected chi connectivity index (χ1v) is 10.8. The predicted octanol–water partition coefficient (Wildman–Crippen LogP) is 3.48. The van der Waals surface area contributed by atoms with Gasteiger partial charge in [-0.2, -0.15) is 0 Å². The second-order valence-corrected chi connectivity index (χ2v) is 9.69. The van der Waals surface area contributed by atoms with Gasteiger partial charge in [-0.3, -0.25) is 4.90 Å². The second kappa shape index (κ2) is 7.92. The highest BCUT2D eigenvalue weighted by molar-refractivity contribution is 7.88. The van der Waals surface area contributed by atoms with E-state index in [2.05, 4.69) is 43.1 Å². The lowest BCUT2D eigenvalue weighted by molar-refractivity contribution is 0.260. The van der Waals surface area contributed by atoms with Crippen LogP contribution in [-0.2, 0) is 15.8 Å². The molecule has 0 aliphatic carbocycles. The van der Waals surface area contributed by atoms with E-state index in [9.17, 15) is 8.42 Å². The minimum atomic E-state index is -3.27. The molecular weight excluding hydrogens is 380 g/mol. The van der Waals surface area contributed by atoms with Gasteiger partial charge >= 0.3 is 0 Å². The smallest absolute Gasteiger partial charge is 0.218 e. The summed E-state index contributed by atoms with van der Waals surface area (Å²) in [5.41, 5.74) is 3.48. The van der Waals surface area contributed by atoms with Crippen LogP contribution in [0.2, 0.25) is 0 Å². The van der Waals surface area contributed by atoms with Crippen molar-refractivity contribution in [2.45, 2.75) is 18.7 Å². The minimum Gasteiger partial charge on any atom is -0.299 e. The Labute approximate surface area is 168 Å². The summed E-state index contributed by atoms with van der Waals surface area (Å²) in [6.45, 7) is 4.38. The number of hydrogen-bond acceptors (Lipinski definition) is 3. The SMILES string of the molecule is Cc1ccccc1[C@H]1[C@@H]2CN(S(=O)(=O)Cc3ccccc3)C[C@@H]2CN1C.Cl. The first kappa shape index (κ1) is 20.3. The van der Waals surface area contributed by atoms with E-state index in [1.54, 1.807) is 4.31 Å². The molecule has 0 unspecified atom stereocenters. The normalized spacial score (nSPS) is 25.9. The van der Waals surface area contributed by atoms with Gasteiger partial charge in [0.15, 0.2) is 0 Å². The Hall–Kier alpha value is -1.40. The third-order valence-corrected chi connectivity index (χ3v) is 7.74. The lowest BCUT2D eigenvalue weighted by Crippen LogP contribution is -2.34. The van der Waals surface area contributed by atoms with Crippen molar-refractivity contribution in [2.75, 3.05) is 26.7 Å². The van der Waals surface area contributed by atoms with Gasteiger partial charge < -0.3 is 0 Å². The Morgan fingerprint density at radius 2 is 1.63 bits per heavy atom. The maximum absolute atomic E-state index is 12.9. The van der Waals surface area contributed by atoms with Gasteiger partial charge in [0.25, 0.3) is 0 Å². The van der Waals surface area contributed by atoms with E-state index in [0.717, 1.165) is 12.1 Å². The largest absolute Gasteiger partial charge is 0.299 e. The Kier molecular flexibility index (Phi) is 5.96. The van der Waals surface area contributed by atoms with Crippen LogP contribution in [-0.4, -0.2) is 44.3 Å². The third-order valence-electron chi connectivity index (χ3n) is 5.95. The van der Waals surface area contributed by atoms with Crippen molar-refractivity contribution in [1.82, 2.24) is 9.21 Å². The van der Waals surface area contributed by atoms with Crippen molar-refractivity contribution in [3.8, 4) is 0 Å².